The molecule has 0 atom stereocenters. The molecule has 1 N–H and O–H groups in total. The van der Waals surface area contributed by atoms with E-state index in [1.54, 1.807) is 7.11 Å². The van der Waals surface area contributed by atoms with Gasteiger partial charge in [-0.25, -0.2) is 0 Å². The molecule has 160 valence electrons. The molecule has 4 rings (SSSR count). The molecule has 0 aromatic heterocycles. The summed E-state index contributed by atoms with van der Waals surface area (Å²) >= 11 is 5.68. The molecule has 1 aliphatic rings. The molecule has 1 aliphatic heterocycles. The van der Waals surface area contributed by atoms with Gasteiger partial charge in [-0.15, -0.1) is 0 Å². The van der Waals surface area contributed by atoms with E-state index in [1.807, 2.05) is 12.1 Å². The van der Waals surface area contributed by atoms with Crippen LogP contribution in [0.25, 0.3) is 0 Å². The molecule has 1 heterocycles. The zero-order chi connectivity index (χ0) is 21.5. The van der Waals surface area contributed by atoms with Gasteiger partial charge in [-0.1, -0.05) is 72.8 Å². The fourth-order valence-corrected chi connectivity index (χ4v) is 4.36. The van der Waals surface area contributed by atoms with Crippen molar-refractivity contribution in [2.45, 2.75) is 12.6 Å². The van der Waals surface area contributed by atoms with Crippen molar-refractivity contribution in [3.05, 3.63) is 102 Å². The molecule has 0 unspecified atom stereocenters. The minimum atomic E-state index is 0.269. The third kappa shape index (κ3) is 5.43. The molecule has 3 aromatic rings. The summed E-state index contributed by atoms with van der Waals surface area (Å²) in [5, 5.41) is 4.24. The Labute approximate surface area is 190 Å². The number of ether oxygens (including phenoxy) is 1. The largest absolute Gasteiger partial charge is 0.497 e. The molecular weight excluding hydrogens is 402 g/mol. The van der Waals surface area contributed by atoms with E-state index in [0.717, 1.165) is 43.6 Å². The Kier molecular flexibility index (Phi) is 7.18. The van der Waals surface area contributed by atoms with Crippen LogP contribution >= 0.6 is 12.2 Å². The Balaban J connectivity index is 1.36. The Morgan fingerprint density at radius 2 is 1.39 bits per heavy atom. The van der Waals surface area contributed by atoms with Crippen molar-refractivity contribution in [1.29, 1.82) is 0 Å². The highest BCUT2D eigenvalue weighted by Gasteiger charge is 2.27. The highest BCUT2D eigenvalue weighted by atomic mass is 32.1. The molecule has 1 fully saturated rings. The van der Waals surface area contributed by atoms with Crippen molar-refractivity contribution < 1.29 is 4.74 Å². The van der Waals surface area contributed by atoms with Crippen LogP contribution in [0.2, 0.25) is 0 Å². The fourth-order valence-electron chi connectivity index (χ4n) is 4.10. The van der Waals surface area contributed by atoms with Gasteiger partial charge in [0.15, 0.2) is 5.11 Å². The SMILES string of the molecule is COc1ccc(CNC(=S)N2CCN(C(c3ccccc3)c3ccccc3)CC2)cc1. The van der Waals surface area contributed by atoms with Gasteiger partial charge in [0, 0.05) is 32.7 Å². The smallest absolute Gasteiger partial charge is 0.169 e. The minimum absolute atomic E-state index is 0.269. The Hall–Kier alpha value is -2.89. The molecule has 0 aliphatic carbocycles. The third-order valence-electron chi connectivity index (χ3n) is 5.80. The Morgan fingerprint density at radius 3 is 1.90 bits per heavy atom. The van der Waals surface area contributed by atoms with Crippen molar-refractivity contribution in [2.75, 3.05) is 33.3 Å². The quantitative estimate of drug-likeness (QED) is 0.581. The molecule has 4 nitrogen and oxygen atoms in total. The first kappa shape index (κ1) is 21.3. The maximum absolute atomic E-state index is 5.68. The molecule has 1 saturated heterocycles. The molecule has 0 radical (unpaired) electrons. The fraction of sp³-hybridized carbons (Fsp3) is 0.269. The van der Waals surface area contributed by atoms with Crippen LogP contribution in [0.4, 0.5) is 0 Å². The maximum atomic E-state index is 5.68. The number of rotatable bonds is 6. The topological polar surface area (TPSA) is 27.7 Å². The zero-order valence-corrected chi connectivity index (χ0v) is 18.7. The maximum Gasteiger partial charge on any atom is 0.169 e. The lowest BCUT2D eigenvalue weighted by molar-refractivity contribution is 0.149. The normalized spacial score (nSPS) is 14.5. The second-order valence-corrected chi connectivity index (χ2v) is 8.14. The van der Waals surface area contributed by atoms with Gasteiger partial charge in [0.2, 0.25) is 0 Å². The zero-order valence-electron chi connectivity index (χ0n) is 17.9. The first-order valence-electron chi connectivity index (χ1n) is 10.7. The molecule has 5 heteroatoms. The number of nitrogens with zero attached hydrogens (tertiary/aromatic N) is 2. The first-order valence-corrected chi connectivity index (χ1v) is 11.1. The van der Waals surface area contributed by atoms with E-state index in [4.69, 9.17) is 17.0 Å². The second kappa shape index (κ2) is 10.4. The van der Waals surface area contributed by atoms with E-state index >= 15 is 0 Å². The standard InChI is InChI=1S/C26H29N3OS/c1-30-24-14-12-21(13-15-24)20-27-26(31)29-18-16-28(17-19-29)25(22-8-4-2-5-9-22)23-10-6-3-7-11-23/h2-15,25H,16-20H2,1H3,(H,27,31). The molecular formula is C26H29N3OS. The first-order chi connectivity index (χ1) is 15.2. The van der Waals surface area contributed by atoms with Crippen molar-refractivity contribution in [3.63, 3.8) is 0 Å². The summed E-state index contributed by atoms with van der Waals surface area (Å²) in [6.45, 7) is 4.51. The van der Waals surface area contributed by atoms with Crippen molar-refractivity contribution in [2.24, 2.45) is 0 Å². The Morgan fingerprint density at radius 1 is 0.839 bits per heavy atom. The molecule has 0 spiro atoms. The van der Waals surface area contributed by atoms with Crippen LogP contribution in [-0.4, -0.2) is 48.2 Å². The second-order valence-electron chi connectivity index (χ2n) is 7.75. The van der Waals surface area contributed by atoms with Gasteiger partial charge < -0.3 is 15.0 Å². The highest BCUT2D eigenvalue weighted by Crippen LogP contribution is 2.29. The number of hydrogen-bond donors (Lipinski definition) is 1. The number of thiocarbonyl (C=S) groups is 1. The average molecular weight is 432 g/mol. The predicted octanol–water partition coefficient (Wildman–Crippen LogP) is 4.48. The summed E-state index contributed by atoms with van der Waals surface area (Å²) in [7, 11) is 1.68. The van der Waals surface area contributed by atoms with Crippen molar-refractivity contribution >= 4 is 17.3 Å². The number of hydrogen-bond acceptors (Lipinski definition) is 3. The third-order valence-corrected chi connectivity index (χ3v) is 6.20. The van der Waals surface area contributed by atoms with Crippen LogP contribution in [0.3, 0.4) is 0 Å². The molecule has 3 aromatic carbocycles. The van der Waals surface area contributed by atoms with Crippen LogP contribution in [0, 0.1) is 0 Å². The summed E-state index contributed by atoms with van der Waals surface area (Å²) < 4.78 is 5.22. The summed E-state index contributed by atoms with van der Waals surface area (Å²) in [4.78, 5) is 4.84. The molecule has 0 saturated carbocycles. The van der Waals surface area contributed by atoms with E-state index in [1.165, 1.54) is 16.7 Å². The van der Waals surface area contributed by atoms with Gasteiger partial charge in [0.05, 0.1) is 13.2 Å². The summed E-state index contributed by atoms with van der Waals surface area (Å²) in [6, 6.07) is 29.9. The Bertz CT molecular complexity index is 915. The minimum Gasteiger partial charge on any atom is -0.497 e. The monoisotopic (exact) mass is 431 g/mol. The van der Waals surface area contributed by atoms with Gasteiger partial charge in [-0.2, -0.15) is 0 Å². The number of benzene rings is 3. The van der Waals surface area contributed by atoms with E-state index in [9.17, 15) is 0 Å². The van der Waals surface area contributed by atoms with Gasteiger partial charge >= 0.3 is 0 Å². The summed E-state index contributed by atoms with van der Waals surface area (Å²) in [5.74, 6) is 0.869. The number of nitrogens with one attached hydrogen (secondary N) is 1. The predicted molar refractivity (Wildman–Crippen MR) is 130 cm³/mol. The highest BCUT2D eigenvalue weighted by molar-refractivity contribution is 7.80. The van der Waals surface area contributed by atoms with E-state index in [2.05, 4.69) is 87.9 Å². The van der Waals surface area contributed by atoms with Gasteiger partial charge in [-0.05, 0) is 41.0 Å². The molecule has 0 amide bonds. The number of methoxy groups -OCH3 is 1. The lowest BCUT2D eigenvalue weighted by Gasteiger charge is -2.40. The average Bonchev–Trinajstić information content (AvgIpc) is 2.85. The number of piperazine rings is 1. The van der Waals surface area contributed by atoms with Gasteiger partial charge in [0.25, 0.3) is 0 Å². The van der Waals surface area contributed by atoms with Crippen LogP contribution in [0.5, 0.6) is 5.75 Å². The van der Waals surface area contributed by atoms with Crippen LogP contribution < -0.4 is 10.1 Å². The summed E-state index contributed by atoms with van der Waals surface area (Å²) in [6.07, 6.45) is 0. The van der Waals surface area contributed by atoms with Gasteiger partial charge in [-0.3, -0.25) is 4.90 Å². The van der Waals surface area contributed by atoms with E-state index in [-0.39, 0.29) is 6.04 Å². The summed E-state index contributed by atoms with van der Waals surface area (Å²) in [5.41, 5.74) is 3.86. The van der Waals surface area contributed by atoms with Crippen molar-refractivity contribution in [1.82, 2.24) is 15.1 Å². The van der Waals surface area contributed by atoms with Crippen LogP contribution in [-0.2, 0) is 6.54 Å². The van der Waals surface area contributed by atoms with E-state index in [0.29, 0.717) is 0 Å². The van der Waals surface area contributed by atoms with Crippen molar-refractivity contribution in [3.8, 4) is 5.75 Å². The molecule has 31 heavy (non-hydrogen) atoms. The van der Waals surface area contributed by atoms with Crippen LogP contribution in [0.1, 0.15) is 22.7 Å². The van der Waals surface area contributed by atoms with Gasteiger partial charge in [0.1, 0.15) is 5.75 Å². The lowest BCUT2D eigenvalue weighted by atomic mass is 9.96. The lowest BCUT2D eigenvalue weighted by Crippen LogP contribution is -2.52. The van der Waals surface area contributed by atoms with E-state index < -0.39 is 0 Å². The molecule has 0 bridgehead atoms. The van der Waals surface area contributed by atoms with Crippen LogP contribution in [0.15, 0.2) is 84.9 Å².